The molecule has 1 aromatic carbocycles. The molecule has 0 spiro atoms. The Bertz CT molecular complexity index is 573. The molecule has 1 N–H and O–H groups in total. The molecule has 0 bridgehead atoms. The molecule has 0 aliphatic heterocycles. The lowest BCUT2D eigenvalue weighted by atomic mass is 10.1. The van der Waals surface area contributed by atoms with E-state index in [4.69, 9.17) is 0 Å². The van der Waals surface area contributed by atoms with Crippen molar-refractivity contribution in [2.45, 2.75) is 20.8 Å². The molecule has 0 aliphatic carbocycles. The maximum absolute atomic E-state index is 12.1. The van der Waals surface area contributed by atoms with E-state index in [-0.39, 0.29) is 5.91 Å². The summed E-state index contributed by atoms with van der Waals surface area (Å²) >= 11 is 0. The van der Waals surface area contributed by atoms with Gasteiger partial charge in [0, 0.05) is 11.9 Å². The van der Waals surface area contributed by atoms with Gasteiger partial charge in [-0.25, -0.2) is 9.97 Å². The van der Waals surface area contributed by atoms with E-state index in [2.05, 4.69) is 15.3 Å². The van der Waals surface area contributed by atoms with Crippen LogP contribution in [0.3, 0.4) is 0 Å². The van der Waals surface area contributed by atoms with E-state index in [0.29, 0.717) is 11.3 Å². The summed E-state index contributed by atoms with van der Waals surface area (Å²) in [4.78, 5) is 20.0. The molecule has 1 heterocycles. The zero-order valence-electron chi connectivity index (χ0n) is 10.7. The van der Waals surface area contributed by atoms with Crippen molar-refractivity contribution in [2.24, 2.45) is 0 Å². The van der Waals surface area contributed by atoms with Gasteiger partial charge in [-0.3, -0.25) is 4.79 Å². The van der Waals surface area contributed by atoms with Crippen LogP contribution in [0.5, 0.6) is 0 Å². The minimum absolute atomic E-state index is 0.175. The van der Waals surface area contributed by atoms with Crippen LogP contribution in [0.4, 0.5) is 5.69 Å². The summed E-state index contributed by atoms with van der Waals surface area (Å²) in [5, 5.41) is 2.92. The molecule has 18 heavy (non-hydrogen) atoms. The summed E-state index contributed by atoms with van der Waals surface area (Å²) in [5.41, 5.74) is 4.11. The van der Waals surface area contributed by atoms with Crippen LogP contribution in [0.1, 0.15) is 27.2 Å². The molecule has 0 atom stereocenters. The van der Waals surface area contributed by atoms with Crippen LogP contribution >= 0.6 is 0 Å². The molecule has 92 valence electrons. The van der Waals surface area contributed by atoms with Gasteiger partial charge in [0.2, 0.25) is 0 Å². The summed E-state index contributed by atoms with van der Waals surface area (Å²) in [6, 6.07) is 5.91. The first-order chi connectivity index (χ1) is 8.59. The predicted molar refractivity (Wildman–Crippen MR) is 70.6 cm³/mol. The molecule has 0 aliphatic rings. The number of hydrogen-bond acceptors (Lipinski definition) is 3. The monoisotopic (exact) mass is 241 g/mol. The average Bonchev–Trinajstić information content (AvgIpc) is 2.34. The van der Waals surface area contributed by atoms with Gasteiger partial charge in [0.05, 0.1) is 11.3 Å². The number of nitrogens with zero attached hydrogens (tertiary/aromatic N) is 2. The fraction of sp³-hybridized carbons (Fsp3) is 0.214. The van der Waals surface area contributed by atoms with Gasteiger partial charge in [-0.15, -0.1) is 0 Å². The highest BCUT2D eigenvalue weighted by molar-refractivity contribution is 6.05. The molecule has 0 saturated carbocycles. The molecule has 0 radical (unpaired) electrons. The molecular formula is C14H15N3O. The molecule has 0 fully saturated rings. The Morgan fingerprint density at radius 3 is 2.44 bits per heavy atom. The lowest BCUT2D eigenvalue weighted by molar-refractivity contribution is 0.102. The van der Waals surface area contributed by atoms with E-state index in [9.17, 15) is 4.79 Å². The Balaban J connectivity index is 2.30. The van der Waals surface area contributed by atoms with Gasteiger partial charge in [0.25, 0.3) is 5.91 Å². The largest absolute Gasteiger partial charge is 0.321 e. The van der Waals surface area contributed by atoms with Crippen LogP contribution in [0.25, 0.3) is 0 Å². The molecule has 4 heteroatoms. The highest BCUT2D eigenvalue weighted by Gasteiger charge is 2.12. The minimum atomic E-state index is -0.175. The molecule has 1 aromatic heterocycles. The fourth-order valence-corrected chi connectivity index (χ4v) is 1.81. The first-order valence-electron chi connectivity index (χ1n) is 5.74. The van der Waals surface area contributed by atoms with E-state index in [1.165, 1.54) is 12.5 Å². The van der Waals surface area contributed by atoms with Gasteiger partial charge in [-0.2, -0.15) is 0 Å². The molecule has 4 nitrogen and oxygen atoms in total. The van der Waals surface area contributed by atoms with E-state index < -0.39 is 0 Å². The Morgan fingerprint density at radius 2 is 1.83 bits per heavy atom. The Hall–Kier alpha value is -2.23. The smallest absolute Gasteiger partial charge is 0.259 e. The molecule has 2 aromatic rings. The van der Waals surface area contributed by atoms with E-state index >= 15 is 0 Å². The zero-order valence-corrected chi connectivity index (χ0v) is 10.7. The van der Waals surface area contributed by atoms with Crippen molar-refractivity contribution in [2.75, 3.05) is 5.32 Å². The van der Waals surface area contributed by atoms with Crippen molar-refractivity contribution < 1.29 is 4.79 Å². The second-order valence-corrected chi connectivity index (χ2v) is 4.24. The van der Waals surface area contributed by atoms with Crippen LogP contribution in [0, 0.1) is 20.8 Å². The van der Waals surface area contributed by atoms with Crippen molar-refractivity contribution in [1.29, 1.82) is 0 Å². The lowest BCUT2D eigenvalue weighted by Crippen LogP contribution is -2.16. The van der Waals surface area contributed by atoms with Crippen LogP contribution in [-0.2, 0) is 0 Å². The second-order valence-electron chi connectivity index (χ2n) is 4.24. The van der Waals surface area contributed by atoms with Gasteiger partial charge < -0.3 is 5.32 Å². The maximum atomic E-state index is 12.1. The molecule has 2 rings (SSSR count). The summed E-state index contributed by atoms with van der Waals surface area (Å²) < 4.78 is 0. The number of aromatic nitrogens is 2. The summed E-state index contributed by atoms with van der Waals surface area (Å²) in [6.45, 7) is 5.73. The Morgan fingerprint density at radius 1 is 1.17 bits per heavy atom. The number of carbonyl (C=O) groups excluding carboxylic acids is 1. The first kappa shape index (κ1) is 12.2. The molecule has 1 amide bonds. The third kappa shape index (κ3) is 2.37. The third-order valence-electron chi connectivity index (χ3n) is 2.88. The van der Waals surface area contributed by atoms with Crippen LogP contribution < -0.4 is 5.32 Å². The summed E-state index contributed by atoms with van der Waals surface area (Å²) in [6.07, 6.45) is 2.97. The predicted octanol–water partition coefficient (Wildman–Crippen LogP) is 2.65. The van der Waals surface area contributed by atoms with Crippen LogP contribution in [-0.4, -0.2) is 15.9 Å². The van der Waals surface area contributed by atoms with Crippen molar-refractivity contribution in [3.8, 4) is 0 Å². The van der Waals surface area contributed by atoms with E-state index in [1.807, 2.05) is 32.0 Å². The van der Waals surface area contributed by atoms with E-state index in [1.54, 1.807) is 6.92 Å². The first-order valence-corrected chi connectivity index (χ1v) is 5.74. The zero-order chi connectivity index (χ0) is 13.1. The lowest BCUT2D eigenvalue weighted by Gasteiger charge is -2.11. The Labute approximate surface area is 106 Å². The standard InChI is InChI=1S/C14H15N3O/c1-9-5-4-6-10(2)13(9)17-14(18)12-7-15-8-16-11(12)3/h4-8H,1-3H3,(H,17,18). The second kappa shape index (κ2) is 4.96. The molecular weight excluding hydrogens is 226 g/mol. The van der Waals surface area contributed by atoms with Gasteiger partial charge in [0.15, 0.2) is 0 Å². The average molecular weight is 241 g/mol. The van der Waals surface area contributed by atoms with E-state index in [0.717, 1.165) is 16.8 Å². The summed E-state index contributed by atoms with van der Waals surface area (Å²) in [7, 11) is 0. The number of amides is 1. The SMILES string of the molecule is Cc1cccc(C)c1NC(=O)c1cncnc1C. The van der Waals surface area contributed by atoms with Gasteiger partial charge in [-0.05, 0) is 31.9 Å². The number of nitrogens with one attached hydrogen (secondary N) is 1. The normalized spacial score (nSPS) is 10.2. The van der Waals surface area contributed by atoms with Gasteiger partial charge >= 0.3 is 0 Å². The number of para-hydroxylation sites is 1. The minimum Gasteiger partial charge on any atom is -0.321 e. The van der Waals surface area contributed by atoms with Crippen LogP contribution in [0.15, 0.2) is 30.7 Å². The number of hydrogen-bond donors (Lipinski definition) is 1. The molecule has 0 saturated heterocycles. The van der Waals surface area contributed by atoms with Crippen molar-refractivity contribution in [3.63, 3.8) is 0 Å². The van der Waals surface area contributed by atoms with Crippen molar-refractivity contribution >= 4 is 11.6 Å². The van der Waals surface area contributed by atoms with Crippen LogP contribution in [0.2, 0.25) is 0 Å². The maximum Gasteiger partial charge on any atom is 0.259 e. The number of rotatable bonds is 2. The number of anilines is 1. The summed E-state index contributed by atoms with van der Waals surface area (Å²) in [5.74, 6) is -0.175. The highest BCUT2D eigenvalue weighted by atomic mass is 16.1. The topological polar surface area (TPSA) is 54.9 Å². The van der Waals surface area contributed by atoms with Crippen molar-refractivity contribution in [3.05, 3.63) is 53.1 Å². The van der Waals surface area contributed by atoms with Gasteiger partial charge in [0.1, 0.15) is 6.33 Å². The fourth-order valence-electron chi connectivity index (χ4n) is 1.81. The third-order valence-corrected chi connectivity index (χ3v) is 2.88. The highest BCUT2D eigenvalue weighted by Crippen LogP contribution is 2.20. The quantitative estimate of drug-likeness (QED) is 0.879. The van der Waals surface area contributed by atoms with Crippen molar-refractivity contribution in [1.82, 2.24) is 9.97 Å². The number of carbonyl (C=O) groups is 1. The van der Waals surface area contributed by atoms with Gasteiger partial charge in [-0.1, -0.05) is 18.2 Å². The molecule has 0 unspecified atom stereocenters. The number of aryl methyl sites for hydroxylation is 3. The Kier molecular flexibility index (Phi) is 3.37. The number of benzene rings is 1.